The third-order valence-electron chi connectivity index (χ3n) is 4.21. The van der Waals surface area contributed by atoms with Crippen LogP contribution in [0.3, 0.4) is 0 Å². The van der Waals surface area contributed by atoms with E-state index in [0.717, 1.165) is 24.3 Å². The summed E-state index contributed by atoms with van der Waals surface area (Å²) in [6, 6.07) is -0.436. The zero-order valence-electron chi connectivity index (χ0n) is 14.2. The summed E-state index contributed by atoms with van der Waals surface area (Å²) in [5, 5.41) is 5.95. The molecule has 2 amide bonds. The molecular weight excluding hydrogens is 310 g/mol. The summed E-state index contributed by atoms with van der Waals surface area (Å²) in [4.78, 5) is 31.2. The maximum Gasteiger partial charge on any atom is 0.243 e. The molecule has 0 spiro atoms. The van der Waals surface area contributed by atoms with Crippen molar-refractivity contribution < 1.29 is 9.59 Å². The van der Waals surface area contributed by atoms with Crippen LogP contribution in [0, 0.1) is 5.92 Å². The van der Waals surface area contributed by atoms with Crippen LogP contribution in [0.4, 0.5) is 0 Å². The molecule has 0 saturated carbocycles. The van der Waals surface area contributed by atoms with Crippen molar-refractivity contribution in [2.45, 2.75) is 65.0 Å². The second-order valence-corrected chi connectivity index (χ2v) is 7.46. The van der Waals surface area contributed by atoms with Crippen molar-refractivity contribution in [3.05, 3.63) is 16.6 Å². The number of aromatic nitrogens is 1. The fourth-order valence-corrected chi connectivity index (χ4v) is 3.76. The minimum Gasteiger partial charge on any atom is -0.345 e. The molecular formula is C17H27N3O2S. The minimum atomic E-state index is -0.364. The first kappa shape index (κ1) is 17.9. The molecule has 1 saturated heterocycles. The summed E-state index contributed by atoms with van der Waals surface area (Å²) in [5.74, 6) is 0.427. The zero-order valence-corrected chi connectivity index (χ0v) is 15.1. The van der Waals surface area contributed by atoms with E-state index in [2.05, 4.69) is 24.1 Å². The Labute approximate surface area is 142 Å². The fourth-order valence-electron chi connectivity index (χ4n) is 2.99. The number of rotatable bonds is 7. The lowest BCUT2D eigenvalue weighted by Gasteiger charge is -2.35. The zero-order chi connectivity index (χ0) is 16.8. The summed E-state index contributed by atoms with van der Waals surface area (Å²) in [5.41, 5.74) is 0. The van der Waals surface area contributed by atoms with Crippen molar-refractivity contribution in [3.63, 3.8) is 0 Å². The van der Waals surface area contributed by atoms with Gasteiger partial charge in [-0.25, -0.2) is 4.98 Å². The van der Waals surface area contributed by atoms with Gasteiger partial charge in [-0.15, -0.1) is 11.3 Å². The monoisotopic (exact) mass is 337 g/mol. The average Bonchev–Trinajstić information content (AvgIpc) is 3.05. The van der Waals surface area contributed by atoms with Gasteiger partial charge in [-0.2, -0.15) is 0 Å². The number of carbonyl (C=O) groups excluding carboxylic acids is 2. The summed E-state index contributed by atoms with van der Waals surface area (Å²) >= 11 is 1.55. The molecule has 2 heterocycles. The van der Waals surface area contributed by atoms with E-state index in [4.69, 9.17) is 0 Å². The maximum absolute atomic E-state index is 12.9. The smallest absolute Gasteiger partial charge is 0.243 e. The first-order chi connectivity index (χ1) is 11.0. The largest absolute Gasteiger partial charge is 0.345 e. The first-order valence-electron chi connectivity index (χ1n) is 8.52. The Morgan fingerprint density at radius 2 is 2.22 bits per heavy atom. The molecule has 0 radical (unpaired) electrons. The van der Waals surface area contributed by atoms with E-state index in [1.165, 1.54) is 0 Å². The van der Waals surface area contributed by atoms with Gasteiger partial charge in [0.05, 0.1) is 6.04 Å². The van der Waals surface area contributed by atoms with Gasteiger partial charge in [0.2, 0.25) is 11.8 Å². The second kappa shape index (κ2) is 8.43. The molecule has 1 aromatic heterocycles. The highest BCUT2D eigenvalue weighted by molar-refractivity contribution is 7.09. The highest BCUT2D eigenvalue weighted by atomic mass is 32.1. The van der Waals surface area contributed by atoms with Crippen LogP contribution < -0.4 is 5.32 Å². The van der Waals surface area contributed by atoms with Gasteiger partial charge in [-0.3, -0.25) is 9.59 Å². The van der Waals surface area contributed by atoms with Crippen LogP contribution in [0.1, 0.15) is 63.9 Å². The Balaban J connectivity index is 2.10. The minimum absolute atomic E-state index is 0.0454. The number of nitrogens with zero attached hydrogens (tertiary/aromatic N) is 2. The number of likely N-dealkylation sites (tertiary alicyclic amines) is 1. The van der Waals surface area contributed by atoms with Gasteiger partial charge in [0.25, 0.3) is 0 Å². The van der Waals surface area contributed by atoms with Crippen LogP contribution >= 0.6 is 11.3 Å². The Morgan fingerprint density at radius 3 is 2.78 bits per heavy atom. The molecule has 1 aliphatic rings. The molecule has 1 aliphatic heterocycles. The van der Waals surface area contributed by atoms with Crippen LogP contribution in [-0.4, -0.2) is 34.3 Å². The molecule has 1 aromatic rings. The average molecular weight is 337 g/mol. The van der Waals surface area contributed by atoms with Crippen LogP contribution in [0.5, 0.6) is 0 Å². The predicted octanol–water partition coefficient (Wildman–Crippen LogP) is 3.14. The number of nitrogens with one attached hydrogen (secondary N) is 1. The van der Waals surface area contributed by atoms with Gasteiger partial charge in [0.1, 0.15) is 11.0 Å². The van der Waals surface area contributed by atoms with Gasteiger partial charge in [-0.1, -0.05) is 20.8 Å². The predicted molar refractivity (Wildman–Crippen MR) is 92.1 cm³/mol. The Morgan fingerprint density at radius 1 is 1.43 bits per heavy atom. The molecule has 0 aromatic carbocycles. The SMILES string of the molecule is CC[C@H](NC(=O)[C@@H](CC(C)C)N1CCCCC1=O)c1nccs1. The standard InChI is InChI=1S/C17H27N3O2S/c1-4-13(17-18-8-10-23-17)19-16(22)14(11-12(2)3)20-9-6-5-7-15(20)21/h8,10,12-14H,4-7,9,11H2,1-3H3,(H,19,22)/t13-,14+/m0/s1. The van der Waals surface area contributed by atoms with E-state index in [0.29, 0.717) is 25.3 Å². The molecule has 5 nitrogen and oxygen atoms in total. The molecule has 0 unspecified atom stereocenters. The number of piperidine rings is 1. The first-order valence-corrected chi connectivity index (χ1v) is 9.40. The number of hydrogen-bond donors (Lipinski definition) is 1. The summed E-state index contributed by atoms with van der Waals surface area (Å²) < 4.78 is 0. The van der Waals surface area contributed by atoms with E-state index >= 15 is 0 Å². The van der Waals surface area contributed by atoms with Crippen LogP contribution in [0.25, 0.3) is 0 Å². The summed E-state index contributed by atoms with van der Waals surface area (Å²) in [6.07, 6.45) is 5.73. The van der Waals surface area contributed by atoms with E-state index in [1.807, 2.05) is 12.3 Å². The highest BCUT2D eigenvalue weighted by Gasteiger charge is 2.33. The third-order valence-corrected chi connectivity index (χ3v) is 5.10. The van der Waals surface area contributed by atoms with Gasteiger partial charge in [0, 0.05) is 24.5 Å². The van der Waals surface area contributed by atoms with E-state index in [-0.39, 0.29) is 23.9 Å². The van der Waals surface area contributed by atoms with E-state index < -0.39 is 0 Å². The van der Waals surface area contributed by atoms with Crippen LogP contribution in [0.15, 0.2) is 11.6 Å². The fraction of sp³-hybridized carbons (Fsp3) is 0.706. The molecule has 2 atom stereocenters. The highest BCUT2D eigenvalue weighted by Crippen LogP contribution is 2.22. The molecule has 128 valence electrons. The molecule has 23 heavy (non-hydrogen) atoms. The van der Waals surface area contributed by atoms with Gasteiger partial charge < -0.3 is 10.2 Å². The van der Waals surface area contributed by atoms with Crippen molar-refractivity contribution in [3.8, 4) is 0 Å². The summed E-state index contributed by atoms with van der Waals surface area (Å²) in [6.45, 7) is 6.91. The molecule has 1 N–H and O–H groups in total. The van der Waals surface area contributed by atoms with Crippen LogP contribution in [-0.2, 0) is 9.59 Å². The van der Waals surface area contributed by atoms with Crippen molar-refractivity contribution in [2.75, 3.05) is 6.54 Å². The second-order valence-electron chi connectivity index (χ2n) is 6.53. The quantitative estimate of drug-likeness (QED) is 0.831. The van der Waals surface area contributed by atoms with Crippen molar-refractivity contribution in [2.24, 2.45) is 5.92 Å². The third kappa shape index (κ3) is 4.77. The Kier molecular flexibility index (Phi) is 6.57. The number of thiazole rings is 1. The lowest BCUT2D eigenvalue weighted by molar-refractivity contribution is -0.143. The normalized spacial score (nSPS) is 18.1. The molecule has 2 rings (SSSR count). The number of carbonyl (C=O) groups is 2. The van der Waals surface area contributed by atoms with Crippen LogP contribution in [0.2, 0.25) is 0 Å². The van der Waals surface area contributed by atoms with Crippen molar-refractivity contribution >= 4 is 23.2 Å². The summed E-state index contributed by atoms with van der Waals surface area (Å²) in [7, 11) is 0. The van der Waals surface area contributed by atoms with Gasteiger partial charge in [0.15, 0.2) is 0 Å². The molecule has 0 bridgehead atoms. The Bertz CT molecular complexity index is 516. The lowest BCUT2D eigenvalue weighted by Crippen LogP contribution is -2.52. The number of amides is 2. The lowest BCUT2D eigenvalue weighted by atomic mass is 9.98. The maximum atomic E-state index is 12.9. The van der Waals surface area contributed by atoms with Crippen molar-refractivity contribution in [1.82, 2.24) is 15.2 Å². The Hall–Kier alpha value is -1.43. The van der Waals surface area contributed by atoms with Gasteiger partial charge >= 0.3 is 0 Å². The number of hydrogen-bond acceptors (Lipinski definition) is 4. The molecule has 1 fully saturated rings. The van der Waals surface area contributed by atoms with E-state index in [9.17, 15) is 9.59 Å². The van der Waals surface area contributed by atoms with Crippen molar-refractivity contribution in [1.29, 1.82) is 0 Å². The molecule has 0 aliphatic carbocycles. The topological polar surface area (TPSA) is 62.3 Å². The van der Waals surface area contributed by atoms with Gasteiger partial charge in [-0.05, 0) is 31.6 Å². The van der Waals surface area contributed by atoms with E-state index in [1.54, 1.807) is 22.4 Å². The molecule has 6 heteroatoms.